The van der Waals surface area contributed by atoms with E-state index in [9.17, 15) is 14.4 Å². The van der Waals surface area contributed by atoms with E-state index in [2.05, 4.69) is 19.1 Å². The first-order valence-corrected chi connectivity index (χ1v) is 10.7. The minimum Gasteiger partial charge on any atom is -0.343 e. The van der Waals surface area contributed by atoms with Gasteiger partial charge in [-0.1, -0.05) is 24.3 Å². The molecule has 0 bridgehead atoms. The number of fused-ring (bicyclic) bond motifs is 1. The highest BCUT2D eigenvalue weighted by atomic mass is 16.2. The Morgan fingerprint density at radius 3 is 2.21 bits per heavy atom. The molecule has 3 aliphatic rings. The first kappa shape index (κ1) is 19.9. The van der Waals surface area contributed by atoms with Gasteiger partial charge >= 0.3 is 0 Å². The quantitative estimate of drug-likeness (QED) is 0.769. The van der Waals surface area contributed by atoms with E-state index < -0.39 is 0 Å². The van der Waals surface area contributed by atoms with Crippen LogP contribution in [-0.4, -0.2) is 65.1 Å². The Balaban J connectivity index is 1.48. The van der Waals surface area contributed by atoms with Gasteiger partial charge in [-0.2, -0.15) is 0 Å². The van der Waals surface area contributed by atoms with Crippen LogP contribution in [0.1, 0.15) is 43.9 Å². The molecule has 4 rings (SSSR count). The van der Waals surface area contributed by atoms with Crippen molar-refractivity contribution in [3.8, 4) is 0 Å². The van der Waals surface area contributed by atoms with E-state index in [0.29, 0.717) is 24.9 Å². The molecule has 0 spiro atoms. The molecule has 6 heteroatoms. The number of likely N-dealkylation sites (tertiary alicyclic amines) is 3. The summed E-state index contributed by atoms with van der Waals surface area (Å²) in [5.41, 5.74) is 2.41. The zero-order valence-corrected chi connectivity index (χ0v) is 17.6. The van der Waals surface area contributed by atoms with Gasteiger partial charge in [0, 0.05) is 64.3 Å². The minimum atomic E-state index is 0.0187. The van der Waals surface area contributed by atoms with Crippen LogP contribution in [0.4, 0.5) is 0 Å². The number of rotatable bonds is 2. The van der Waals surface area contributed by atoms with Gasteiger partial charge in [-0.15, -0.1) is 0 Å². The average molecular weight is 398 g/mol. The van der Waals surface area contributed by atoms with Gasteiger partial charge in [0.1, 0.15) is 0 Å². The van der Waals surface area contributed by atoms with E-state index in [1.165, 1.54) is 11.1 Å². The molecule has 0 aromatic heterocycles. The number of hydrogen-bond acceptors (Lipinski definition) is 3. The second kappa shape index (κ2) is 7.81. The zero-order valence-electron chi connectivity index (χ0n) is 17.6. The van der Waals surface area contributed by atoms with E-state index in [4.69, 9.17) is 0 Å². The highest BCUT2D eigenvalue weighted by Gasteiger charge is 2.50. The van der Waals surface area contributed by atoms with Crippen LogP contribution in [0.5, 0.6) is 0 Å². The van der Waals surface area contributed by atoms with E-state index in [-0.39, 0.29) is 29.7 Å². The minimum absolute atomic E-state index is 0.0187. The number of carbonyl (C=O) groups is 3. The summed E-state index contributed by atoms with van der Waals surface area (Å²) in [5.74, 6) is 1.09. The van der Waals surface area contributed by atoms with Crippen molar-refractivity contribution in [1.29, 1.82) is 0 Å². The fourth-order valence-corrected chi connectivity index (χ4v) is 5.57. The normalized spacial score (nSPS) is 27.3. The second-order valence-electron chi connectivity index (χ2n) is 8.92. The van der Waals surface area contributed by atoms with Crippen molar-refractivity contribution in [3.05, 3.63) is 35.4 Å². The molecule has 0 unspecified atom stereocenters. The Morgan fingerprint density at radius 1 is 0.897 bits per heavy atom. The van der Waals surface area contributed by atoms with Crippen LogP contribution in [-0.2, 0) is 14.4 Å². The average Bonchev–Trinajstić information content (AvgIpc) is 3.26. The molecular weight excluding hydrogens is 366 g/mol. The van der Waals surface area contributed by atoms with Crippen molar-refractivity contribution in [2.75, 3.05) is 32.7 Å². The third kappa shape index (κ3) is 3.65. The van der Waals surface area contributed by atoms with Crippen molar-refractivity contribution in [3.63, 3.8) is 0 Å². The summed E-state index contributed by atoms with van der Waals surface area (Å²) < 4.78 is 0. The van der Waals surface area contributed by atoms with Gasteiger partial charge in [0.25, 0.3) is 0 Å². The predicted molar refractivity (Wildman–Crippen MR) is 110 cm³/mol. The molecule has 1 aromatic carbocycles. The lowest BCUT2D eigenvalue weighted by molar-refractivity contribution is -0.139. The molecule has 3 heterocycles. The van der Waals surface area contributed by atoms with Gasteiger partial charge in [-0.3, -0.25) is 14.4 Å². The SMILES string of the molecule is CC(=O)N1CCC(C(=O)N2C[C@@H]3CN(C(C)=O)[C@H](c4ccccc4C)[C@@H]3C2)CC1. The second-order valence-corrected chi connectivity index (χ2v) is 8.92. The van der Waals surface area contributed by atoms with E-state index in [0.717, 1.165) is 32.5 Å². The number of amides is 3. The van der Waals surface area contributed by atoms with E-state index in [1.807, 2.05) is 26.8 Å². The lowest BCUT2D eigenvalue weighted by Gasteiger charge is -2.34. The maximum Gasteiger partial charge on any atom is 0.225 e. The summed E-state index contributed by atoms with van der Waals surface area (Å²) in [4.78, 5) is 42.9. The van der Waals surface area contributed by atoms with Gasteiger partial charge in [-0.05, 0) is 30.9 Å². The van der Waals surface area contributed by atoms with Crippen molar-refractivity contribution >= 4 is 17.7 Å². The number of piperidine rings is 1. The van der Waals surface area contributed by atoms with Gasteiger partial charge in [0.15, 0.2) is 0 Å². The van der Waals surface area contributed by atoms with Gasteiger partial charge in [0.2, 0.25) is 17.7 Å². The summed E-state index contributed by atoms with van der Waals surface area (Å²) in [6.07, 6.45) is 1.51. The highest BCUT2D eigenvalue weighted by Crippen LogP contribution is 2.46. The summed E-state index contributed by atoms with van der Waals surface area (Å²) in [7, 11) is 0. The van der Waals surface area contributed by atoms with Crippen LogP contribution in [0.2, 0.25) is 0 Å². The number of carbonyl (C=O) groups excluding carboxylic acids is 3. The summed E-state index contributed by atoms with van der Waals surface area (Å²) in [5, 5.41) is 0. The van der Waals surface area contributed by atoms with Crippen molar-refractivity contribution in [2.45, 2.75) is 39.7 Å². The molecule has 0 radical (unpaired) electrons. The topological polar surface area (TPSA) is 60.9 Å². The lowest BCUT2D eigenvalue weighted by atomic mass is 9.87. The predicted octanol–water partition coefficient (Wildman–Crippen LogP) is 2.23. The summed E-state index contributed by atoms with van der Waals surface area (Å²) >= 11 is 0. The van der Waals surface area contributed by atoms with Crippen LogP contribution >= 0.6 is 0 Å². The van der Waals surface area contributed by atoms with Gasteiger partial charge in [0.05, 0.1) is 6.04 Å². The fourth-order valence-electron chi connectivity index (χ4n) is 5.57. The third-order valence-corrected chi connectivity index (χ3v) is 7.18. The standard InChI is InChI=1S/C23H31N3O3/c1-15-6-4-5-7-20(15)22-21-14-25(12-19(21)13-26(22)17(3)28)23(29)18-8-10-24(11-9-18)16(2)27/h4-7,18-19,21-22H,8-14H2,1-3H3/t19-,21-,22-/m1/s1. The van der Waals surface area contributed by atoms with E-state index in [1.54, 1.807) is 13.8 Å². The summed E-state index contributed by atoms with van der Waals surface area (Å²) in [6, 6.07) is 8.34. The molecule has 3 amide bonds. The van der Waals surface area contributed by atoms with E-state index >= 15 is 0 Å². The molecule has 3 aliphatic heterocycles. The van der Waals surface area contributed by atoms with Gasteiger partial charge in [-0.25, -0.2) is 0 Å². The maximum absolute atomic E-state index is 13.2. The summed E-state index contributed by atoms with van der Waals surface area (Å²) in [6.45, 7) is 8.89. The first-order valence-electron chi connectivity index (χ1n) is 10.7. The molecule has 1 aromatic rings. The maximum atomic E-state index is 13.2. The Kier molecular flexibility index (Phi) is 5.36. The van der Waals surface area contributed by atoms with Crippen LogP contribution in [0.25, 0.3) is 0 Å². The monoisotopic (exact) mass is 397 g/mol. The van der Waals surface area contributed by atoms with Crippen LogP contribution in [0.15, 0.2) is 24.3 Å². The van der Waals surface area contributed by atoms with Crippen molar-refractivity contribution in [1.82, 2.24) is 14.7 Å². The Bertz CT molecular complexity index is 815. The smallest absolute Gasteiger partial charge is 0.225 e. The molecule has 156 valence electrons. The number of hydrogen-bond donors (Lipinski definition) is 0. The largest absolute Gasteiger partial charge is 0.343 e. The Hall–Kier alpha value is -2.37. The van der Waals surface area contributed by atoms with Crippen molar-refractivity contribution in [2.24, 2.45) is 17.8 Å². The third-order valence-electron chi connectivity index (χ3n) is 7.18. The lowest BCUT2D eigenvalue weighted by Crippen LogP contribution is -2.44. The molecule has 3 atom stereocenters. The van der Waals surface area contributed by atoms with Crippen LogP contribution in [0.3, 0.4) is 0 Å². The molecule has 0 aliphatic carbocycles. The fraction of sp³-hybridized carbons (Fsp3) is 0.609. The molecule has 29 heavy (non-hydrogen) atoms. The Labute approximate surface area is 172 Å². The zero-order chi connectivity index (χ0) is 20.7. The van der Waals surface area contributed by atoms with Crippen LogP contribution < -0.4 is 0 Å². The molecule has 3 fully saturated rings. The number of nitrogens with zero attached hydrogens (tertiary/aromatic N) is 3. The molecular formula is C23H31N3O3. The molecule has 0 saturated carbocycles. The van der Waals surface area contributed by atoms with Gasteiger partial charge < -0.3 is 14.7 Å². The number of benzene rings is 1. The molecule has 3 saturated heterocycles. The Morgan fingerprint density at radius 2 is 1.59 bits per heavy atom. The van der Waals surface area contributed by atoms with Crippen LogP contribution in [0, 0.1) is 24.7 Å². The highest BCUT2D eigenvalue weighted by molar-refractivity contribution is 5.80. The molecule has 6 nitrogen and oxygen atoms in total. The molecule has 0 N–H and O–H groups in total. The first-order chi connectivity index (χ1) is 13.9. The number of aryl methyl sites for hydroxylation is 1. The van der Waals surface area contributed by atoms with Crippen molar-refractivity contribution < 1.29 is 14.4 Å².